The predicted molar refractivity (Wildman–Crippen MR) is 72.9 cm³/mol. The molecule has 0 spiro atoms. The Hall–Kier alpha value is -0.860. The summed E-state index contributed by atoms with van der Waals surface area (Å²) in [5, 5.41) is 9.78. The van der Waals surface area contributed by atoms with Crippen molar-refractivity contribution < 1.29 is 5.11 Å². The Labute approximate surface area is 105 Å². The molecule has 0 fully saturated rings. The maximum Gasteiger partial charge on any atom is 0.0802 e. The summed E-state index contributed by atoms with van der Waals surface area (Å²) in [6.07, 6.45) is 6.56. The number of aliphatic hydroxyl groups is 1. The Morgan fingerprint density at radius 1 is 1.12 bits per heavy atom. The number of aryl methyl sites for hydroxylation is 1. The molecule has 1 aromatic carbocycles. The molecule has 0 aromatic heterocycles. The normalized spacial score (nSPS) is 12.6. The van der Waals surface area contributed by atoms with Crippen LogP contribution in [-0.2, 0) is 6.42 Å². The number of rotatable bonds is 8. The van der Waals surface area contributed by atoms with Crippen LogP contribution in [0.2, 0.25) is 0 Å². The van der Waals surface area contributed by atoms with E-state index in [1.54, 1.807) is 0 Å². The Morgan fingerprint density at radius 3 is 2.41 bits per heavy atom. The lowest BCUT2D eigenvalue weighted by atomic mass is 10.0. The molecule has 1 aromatic rings. The molecule has 0 aliphatic carbocycles. The second-order valence-electron chi connectivity index (χ2n) is 4.65. The highest BCUT2D eigenvalue weighted by molar-refractivity contribution is 5.24. The Bertz CT molecular complexity index is 294. The van der Waals surface area contributed by atoms with E-state index in [0.29, 0.717) is 13.0 Å². The van der Waals surface area contributed by atoms with Crippen molar-refractivity contribution in [3.8, 4) is 0 Å². The van der Waals surface area contributed by atoms with Crippen LogP contribution in [0.15, 0.2) is 24.3 Å². The molecule has 0 amide bonds. The number of aliphatic hydroxyl groups excluding tert-OH is 1. The number of unbranched alkanes of at least 4 members (excludes halogenated alkanes) is 3. The van der Waals surface area contributed by atoms with Crippen LogP contribution >= 0.6 is 0 Å². The van der Waals surface area contributed by atoms with Crippen molar-refractivity contribution in [3.05, 3.63) is 35.4 Å². The van der Waals surface area contributed by atoms with E-state index >= 15 is 0 Å². The summed E-state index contributed by atoms with van der Waals surface area (Å²) in [5.41, 5.74) is 7.78. The second kappa shape index (κ2) is 8.26. The van der Waals surface area contributed by atoms with Crippen molar-refractivity contribution in [1.29, 1.82) is 0 Å². The number of benzene rings is 1. The molecular formula is C15H25NO. The summed E-state index contributed by atoms with van der Waals surface area (Å²) in [6.45, 7) is 2.76. The van der Waals surface area contributed by atoms with Gasteiger partial charge in [-0.1, -0.05) is 50.5 Å². The number of hydrogen-bond acceptors (Lipinski definition) is 2. The second-order valence-corrected chi connectivity index (χ2v) is 4.65. The van der Waals surface area contributed by atoms with Gasteiger partial charge in [-0.3, -0.25) is 0 Å². The molecule has 1 unspecified atom stereocenters. The fourth-order valence-electron chi connectivity index (χ4n) is 1.99. The standard InChI is InChI=1S/C15H25NO/c1-2-3-4-5-6-13-7-9-14(10-8-13)15(17)11-12-16/h7-10,15,17H,2-6,11-12,16H2,1H3. The van der Waals surface area contributed by atoms with Gasteiger partial charge in [-0.15, -0.1) is 0 Å². The highest BCUT2D eigenvalue weighted by Crippen LogP contribution is 2.17. The summed E-state index contributed by atoms with van der Waals surface area (Å²) < 4.78 is 0. The van der Waals surface area contributed by atoms with Crippen LogP contribution < -0.4 is 5.73 Å². The van der Waals surface area contributed by atoms with E-state index in [-0.39, 0.29) is 0 Å². The van der Waals surface area contributed by atoms with Crippen LogP contribution in [0.5, 0.6) is 0 Å². The van der Waals surface area contributed by atoms with Crippen LogP contribution in [0, 0.1) is 0 Å². The van der Waals surface area contributed by atoms with Gasteiger partial charge in [0.05, 0.1) is 6.10 Å². The van der Waals surface area contributed by atoms with Crippen LogP contribution in [0.1, 0.15) is 56.3 Å². The lowest BCUT2D eigenvalue weighted by Gasteiger charge is -2.10. The van der Waals surface area contributed by atoms with E-state index in [4.69, 9.17) is 5.73 Å². The Kier molecular flexibility index (Phi) is 6.90. The minimum atomic E-state index is -0.408. The van der Waals surface area contributed by atoms with Gasteiger partial charge in [0.25, 0.3) is 0 Å². The van der Waals surface area contributed by atoms with Crippen molar-refractivity contribution in [1.82, 2.24) is 0 Å². The van der Waals surface area contributed by atoms with Gasteiger partial charge in [0, 0.05) is 0 Å². The average Bonchev–Trinajstić information content (AvgIpc) is 2.36. The third kappa shape index (κ3) is 5.33. The first-order valence-electron chi connectivity index (χ1n) is 6.75. The molecule has 0 bridgehead atoms. The van der Waals surface area contributed by atoms with E-state index in [1.165, 1.54) is 31.2 Å². The van der Waals surface area contributed by atoms with Gasteiger partial charge in [0.15, 0.2) is 0 Å². The van der Waals surface area contributed by atoms with Gasteiger partial charge in [0.2, 0.25) is 0 Å². The molecule has 0 saturated carbocycles. The molecule has 2 heteroatoms. The average molecular weight is 235 g/mol. The van der Waals surface area contributed by atoms with Crippen molar-refractivity contribution in [3.63, 3.8) is 0 Å². The summed E-state index contributed by atoms with van der Waals surface area (Å²) in [6, 6.07) is 8.30. The van der Waals surface area contributed by atoms with E-state index in [0.717, 1.165) is 12.0 Å². The molecule has 1 atom stereocenters. The van der Waals surface area contributed by atoms with E-state index in [9.17, 15) is 5.11 Å². The van der Waals surface area contributed by atoms with Crippen molar-refractivity contribution in [2.75, 3.05) is 6.54 Å². The lowest BCUT2D eigenvalue weighted by Crippen LogP contribution is -2.06. The molecule has 3 N–H and O–H groups in total. The zero-order valence-electron chi connectivity index (χ0n) is 10.9. The molecule has 96 valence electrons. The zero-order valence-corrected chi connectivity index (χ0v) is 10.9. The highest BCUT2D eigenvalue weighted by atomic mass is 16.3. The maximum absolute atomic E-state index is 9.78. The monoisotopic (exact) mass is 235 g/mol. The first kappa shape index (κ1) is 14.2. The molecule has 0 radical (unpaired) electrons. The van der Waals surface area contributed by atoms with Crippen LogP contribution in [-0.4, -0.2) is 11.7 Å². The molecule has 0 heterocycles. The van der Waals surface area contributed by atoms with Gasteiger partial charge >= 0.3 is 0 Å². The molecular weight excluding hydrogens is 210 g/mol. The molecule has 2 nitrogen and oxygen atoms in total. The minimum absolute atomic E-state index is 0.408. The predicted octanol–water partition coefficient (Wildman–Crippen LogP) is 3.19. The quantitative estimate of drug-likeness (QED) is 0.680. The van der Waals surface area contributed by atoms with Crippen molar-refractivity contribution >= 4 is 0 Å². The maximum atomic E-state index is 9.78. The number of nitrogens with two attached hydrogens (primary N) is 1. The topological polar surface area (TPSA) is 46.2 Å². The van der Waals surface area contributed by atoms with Gasteiger partial charge in [0.1, 0.15) is 0 Å². The molecule has 1 rings (SSSR count). The summed E-state index contributed by atoms with van der Waals surface area (Å²) in [4.78, 5) is 0. The molecule has 0 aliphatic heterocycles. The SMILES string of the molecule is CCCCCCc1ccc(C(O)CCN)cc1. The Morgan fingerprint density at radius 2 is 1.82 bits per heavy atom. The number of hydrogen-bond donors (Lipinski definition) is 2. The molecule has 0 aliphatic rings. The summed E-state index contributed by atoms with van der Waals surface area (Å²) in [5.74, 6) is 0. The fourth-order valence-corrected chi connectivity index (χ4v) is 1.99. The lowest BCUT2D eigenvalue weighted by molar-refractivity contribution is 0.170. The molecule has 17 heavy (non-hydrogen) atoms. The fraction of sp³-hybridized carbons (Fsp3) is 0.600. The van der Waals surface area contributed by atoms with Crippen molar-refractivity contribution in [2.45, 2.75) is 51.6 Å². The first-order valence-corrected chi connectivity index (χ1v) is 6.75. The van der Waals surface area contributed by atoms with Crippen LogP contribution in [0.25, 0.3) is 0 Å². The largest absolute Gasteiger partial charge is 0.388 e. The van der Waals surface area contributed by atoms with Gasteiger partial charge in [-0.25, -0.2) is 0 Å². The summed E-state index contributed by atoms with van der Waals surface area (Å²) in [7, 11) is 0. The first-order chi connectivity index (χ1) is 8.27. The van der Waals surface area contributed by atoms with Gasteiger partial charge < -0.3 is 10.8 Å². The van der Waals surface area contributed by atoms with Crippen LogP contribution in [0.3, 0.4) is 0 Å². The van der Waals surface area contributed by atoms with E-state index in [2.05, 4.69) is 19.1 Å². The third-order valence-corrected chi connectivity index (χ3v) is 3.12. The van der Waals surface area contributed by atoms with Gasteiger partial charge in [-0.05, 0) is 36.9 Å². The minimum Gasteiger partial charge on any atom is -0.388 e. The van der Waals surface area contributed by atoms with Crippen LogP contribution in [0.4, 0.5) is 0 Å². The zero-order chi connectivity index (χ0) is 12.5. The van der Waals surface area contributed by atoms with Gasteiger partial charge in [-0.2, -0.15) is 0 Å². The Balaban J connectivity index is 2.39. The van der Waals surface area contributed by atoms with E-state index < -0.39 is 6.10 Å². The van der Waals surface area contributed by atoms with E-state index in [1.807, 2.05) is 12.1 Å². The van der Waals surface area contributed by atoms with Crippen molar-refractivity contribution in [2.24, 2.45) is 5.73 Å². The summed E-state index contributed by atoms with van der Waals surface area (Å²) >= 11 is 0. The smallest absolute Gasteiger partial charge is 0.0802 e. The third-order valence-electron chi connectivity index (χ3n) is 3.12. The highest BCUT2D eigenvalue weighted by Gasteiger charge is 2.05. The molecule has 0 saturated heterocycles.